The van der Waals surface area contributed by atoms with E-state index in [1.165, 1.54) is 0 Å². The summed E-state index contributed by atoms with van der Waals surface area (Å²) < 4.78 is 5.45. The number of carbonyl (C=O) groups is 2. The zero-order chi connectivity index (χ0) is 16.3. The van der Waals surface area contributed by atoms with Crippen molar-refractivity contribution < 1.29 is 14.3 Å². The van der Waals surface area contributed by atoms with Gasteiger partial charge in [-0.2, -0.15) is 0 Å². The predicted molar refractivity (Wildman–Crippen MR) is 85.4 cm³/mol. The number of carbonyl (C=O) groups excluding carboxylic acids is 2. The van der Waals surface area contributed by atoms with Gasteiger partial charge in [-0.15, -0.1) is 0 Å². The molecule has 2 rings (SSSR count). The first-order valence-electron chi connectivity index (χ1n) is 7.88. The Morgan fingerprint density at radius 2 is 1.86 bits per heavy atom. The van der Waals surface area contributed by atoms with Crippen molar-refractivity contribution in [3.05, 3.63) is 35.9 Å². The summed E-state index contributed by atoms with van der Waals surface area (Å²) in [4.78, 5) is 26.7. The number of amides is 1. The van der Waals surface area contributed by atoms with Crippen molar-refractivity contribution in [3.8, 4) is 0 Å². The van der Waals surface area contributed by atoms with Crippen LogP contribution >= 0.6 is 0 Å². The van der Waals surface area contributed by atoms with Crippen LogP contribution in [0.15, 0.2) is 30.3 Å². The third-order valence-electron chi connectivity index (χ3n) is 3.88. The minimum Gasteiger partial charge on any atom is -0.458 e. The molecule has 1 aliphatic heterocycles. The second-order valence-corrected chi connectivity index (χ2v) is 6.86. The quantitative estimate of drug-likeness (QED) is 0.806. The van der Waals surface area contributed by atoms with Crippen LogP contribution in [-0.2, 0) is 14.3 Å². The Kier molecular flexibility index (Phi) is 4.89. The SMILES string of the molecule is CC(C(=O)N1CCC[C@H]1C(=O)OC(C)(C)C)c1ccccc1. The van der Waals surface area contributed by atoms with Crippen LogP contribution in [0.25, 0.3) is 0 Å². The lowest BCUT2D eigenvalue weighted by Crippen LogP contribution is -2.45. The smallest absolute Gasteiger partial charge is 0.329 e. The number of hydrogen-bond donors (Lipinski definition) is 0. The van der Waals surface area contributed by atoms with Gasteiger partial charge < -0.3 is 9.64 Å². The lowest BCUT2D eigenvalue weighted by Gasteiger charge is -2.29. The van der Waals surface area contributed by atoms with Gasteiger partial charge in [0.25, 0.3) is 0 Å². The molecule has 1 fully saturated rings. The molecule has 1 aliphatic rings. The van der Waals surface area contributed by atoms with Crippen LogP contribution in [-0.4, -0.2) is 35.0 Å². The van der Waals surface area contributed by atoms with Gasteiger partial charge in [-0.25, -0.2) is 4.79 Å². The molecule has 1 aromatic rings. The van der Waals surface area contributed by atoms with Gasteiger partial charge in [0, 0.05) is 6.54 Å². The molecule has 0 aliphatic carbocycles. The number of likely N-dealkylation sites (tertiary alicyclic amines) is 1. The summed E-state index contributed by atoms with van der Waals surface area (Å²) in [5, 5.41) is 0. The average Bonchev–Trinajstić information content (AvgIpc) is 2.94. The Labute approximate surface area is 132 Å². The first-order chi connectivity index (χ1) is 10.3. The highest BCUT2D eigenvalue weighted by Gasteiger charge is 2.38. The lowest BCUT2D eigenvalue weighted by atomic mass is 9.99. The standard InChI is InChI=1S/C18H25NO3/c1-13(14-9-6-5-7-10-14)16(20)19-12-8-11-15(19)17(21)22-18(2,3)4/h5-7,9-10,13,15H,8,11-12H2,1-4H3/t13?,15-/m0/s1. The molecule has 0 bridgehead atoms. The second kappa shape index (κ2) is 6.51. The largest absolute Gasteiger partial charge is 0.458 e. The van der Waals surface area contributed by atoms with Crippen molar-refractivity contribution in [1.82, 2.24) is 4.90 Å². The highest BCUT2D eigenvalue weighted by atomic mass is 16.6. The molecule has 1 heterocycles. The van der Waals surface area contributed by atoms with Gasteiger partial charge in [-0.3, -0.25) is 4.79 Å². The Bertz CT molecular complexity index is 533. The lowest BCUT2D eigenvalue weighted by molar-refractivity contribution is -0.163. The molecule has 1 saturated heterocycles. The van der Waals surface area contributed by atoms with E-state index in [-0.39, 0.29) is 17.8 Å². The van der Waals surface area contributed by atoms with Crippen molar-refractivity contribution in [2.45, 2.75) is 58.1 Å². The normalized spacial score (nSPS) is 19.8. The van der Waals surface area contributed by atoms with Crippen LogP contribution < -0.4 is 0 Å². The molecule has 2 atom stereocenters. The fourth-order valence-corrected chi connectivity index (χ4v) is 2.78. The average molecular weight is 303 g/mol. The van der Waals surface area contributed by atoms with Crippen molar-refractivity contribution in [1.29, 1.82) is 0 Å². The van der Waals surface area contributed by atoms with Crippen LogP contribution in [0, 0.1) is 0 Å². The van der Waals surface area contributed by atoms with Crippen LogP contribution in [0.3, 0.4) is 0 Å². The maximum Gasteiger partial charge on any atom is 0.329 e. The van der Waals surface area contributed by atoms with Gasteiger partial charge in [0.2, 0.25) is 5.91 Å². The topological polar surface area (TPSA) is 46.6 Å². The fourth-order valence-electron chi connectivity index (χ4n) is 2.78. The maximum atomic E-state index is 12.7. The number of ether oxygens (including phenoxy) is 1. The van der Waals surface area contributed by atoms with Crippen LogP contribution in [0.2, 0.25) is 0 Å². The van der Waals surface area contributed by atoms with E-state index in [0.29, 0.717) is 13.0 Å². The Hall–Kier alpha value is -1.84. The van der Waals surface area contributed by atoms with E-state index in [2.05, 4.69) is 0 Å². The molecule has 120 valence electrons. The van der Waals surface area contributed by atoms with E-state index in [0.717, 1.165) is 12.0 Å². The van der Waals surface area contributed by atoms with E-state index in [1.807, 2.05) is 58.0 Å². The third kappa shape index (κ3) is 3.87. The first-order valence-corrected chi connectivity index (χ1v) is 7.88. The van der Waals surface area contributed by atoms with E-state index in [1.54, 1.807) is 4.90 Å². The molecule has 0 aromatic heterocycles. The van der Waals surface area contributed by atoms with E-state index < -0.39 is 11.6 Å². The van der Waals surface area contributed by atoms with Crippen LogP contribution in [0.4, 0.5) is 0 Å². The number of rotatable bonds is 3. The number of esters is 1. The summed E-state index contributed by atoms with van der Waals surface area (Å²) in [5.41, 5.74) is 0.446. The molecule has 0 spiro atoms. The van der Waals surface area contributed by atoms with Crippen LogP contribution in [0.1, 0.15) is 52.0 Å². The molecule has 1 amide bonds. The van der Waals surface area contributed by atoms with Gasteiger partial charge in [0.1, 0.15) is 11.6 Å². The fraction of sp³-hybridized carbons (Fsp3) is 0.556. The van der Waals surface area contributed by atoms with Gasteiger partial charge in [0.05, 0.1) is 5.92 Å². The molecule has 0 N–H and O–H groups in total. The van der Waals surface area contributed by atoms with Gasteiger partial charge >= 0.3 is 5.97 Å². The minimum absolute atomic E-state index is 0.000408. The molecule has 22 heavy (non-hydrogen) atoms. The van der Waals surface area contributed by atoms with Crippen molar-refractivity contribution in [3.63, 3.8) is 0 Å². The molecule has 0 radical (unpaired) electrons. The van der Waals surface area contributed by atoms with Crippen molar-refractivity contribution >= 4 is 11.9 Å². The van der Waals surface area contributed by atoms with Gasteiger partial charge in [-0.1, -0.05) is 30.3 Å². The van der Waals surface area contributed by atoms with Gasteiger partial charge in [-0.05, 0) is 46.1 Å². The highest BCUT2D eigenvalue weighted by Crippen LogP contribution is 2.26. The molecule has 4 nitrogen and oxygen atoms in total. The number of benzene rings is 1. The van der Waals surface area contributed by atoms with Crippen LogP contribution in [0.5, 0.6) is 0 Å². The molecule has 1 aromatic carbocycles. The summed E-state index contributed by atoms with van der Waals surface area (Å²) in [7, 11) is 0. The Morgan fingerprint density at radius 1 is 1.23 bits per heavy atom. The summed E-state index contributed by atoms with van der Waals surface area (Å²) in [6.45, 7) is 8.05. The predicted octanol–water partition coefficient (Wildman–Crippen LogP) is 3.12. The minimum atomic E-state index is -0.528. The summed E-state index contributed by atoms with van der Waals surface area (Å²) >= 11 is 0. The second-order valence-electron chi connectivity index (χ2n) is 6.86. The third-order valence-corrected chi connectivity index (χ3v) is 3.88. The van der Waals surface area contributed by atoms with E-state index in [9.17, 15) is 9.59 Å². The number of hydrogen-bond acceptors (Lipinski definition) is 3. The molecular formula is C18H25NO3. The number of nitrogens with zero attached hydrogens (tertiary/aromatic N) is 1. The molecular weight excluding hydrogens is 278 g/mol. The molecule has 1 unspecified atom stereocenters. The summed E-state index contributed by atoms with van der Waals surface area (Å²) in [5.74, 6) is -0.539. The van der Waals surface area contributed by atoms with Crippen molar-refractivity contribution in [2.75, 3.05) is 6.54 Å². The van der Waals surface area contributed by atoms with Crippen molar-refractivity contribution in [2.24, 2.45) is 0 Å². The monoisotopic (exact) mass is 303 g/mol. The molecule has 0 saturated carbocycles. The Morgan fingerprint density at radius 3 is 2.45 bits per heavy atom. The van der Waals surface area contributed by atoms with Gasteiger partial charge in [0.15, 0.2) is 0 Å². The summed E-state index contributed by atoms with van der Waals surface area (Å²) in [6.07, 6.45) is 1.53. The van der Waals surface area contributed by atoms with E-state index in [4.69, 9.17) is 4.74 Å². The van der Waals surface area contributed by atoms with E-state index >= 15 is 0 Å². The first kappa shape index (κ1) is 16.5. The molecule has 4 heteroatoms. The highest BCUT2D eigenvalue weighted by molar-refractivity contribution is 5.89. The Balaban J connectivity index is 2.10. The summed E-state index contributed by atoms with van der Waals surface area (Å²) in [6, 6.07) is 9.23. The zero-order valence-electron chi connectivity index (χ0n) is 13.8. The maximum absolute atomic E-state index is 12.7. The zero-order valence-corrected chi connectivity index (χ0v) is 13.8.